The van der Waals surface area contributed by atoms with Crippen LogP contribution >= 0.6 is 23.2 Å². The summed E-state index contributed by atoms with van der Waals surface area (Å²) >= 11 is 12.0. The summed E-state index contributed by atoms with van der Waals surface area (Å²) in [6.07, 6.45) is 1.21. The molecule has 0 aliphatic rings. The highest BCUT2D eigenvalue weighted by Gasteiger charge is 2.31. The van der Waals surface area contributed by atoms with Crippen molar-refractivity contribution in [2.75, 3.05) is 23.0 Å². The van der Waals surface area contributed by atoms with Crippen LogP contribution in [0.5, 0.6) is 0 Å². The molecule has 156 valence electrons. The summed E-state index contributed by atoms with van der Waals surface area (Å²) in [5, 5.41) is 3.14. The van der Waals surface area contributed by atoms with Gasteiger partial charge in [0.2, 0.25) is 15.9 Å². The number of benzene rings is 2. The van der Waals surface area contributed by atoms with Crippen molar-refractivity contribution in [2.24, 2.45) is 0 Å². The Kier molecular flexibility index (Phi) is 7.51. The molecule has 0 aliphatic carbocycles. The van der Waals surface area contributed by atoms with Gasteiger partial charge in [0.1, 0.15) is 6.04 Å². The number of hydrogen-bond donors (Lipinski definition) is 1. The van der Waals surface area contributed by atoms with Gasteiger partial charge in [0.25, 0.3) is 0 Å². The van der Waals surface area contributed by atoms with Crippen molar-refractivity contribution in [1.29, 1.82) is 0 Å². The second-order valence-electron chi connectivity index (χ2n) is 6.14. The number of ether oxygens (including phenoxy) is 1. The van der Waals surface area contributed by atoms with Crippen molar-refractivity contribution in [1.82, 2.24) is 0 Å². The quantitative estimate of drug-likeness (QED) is 0.633. The van der Waals surface area contributed by atoms with E-state index in [0.29, 0.717) is 5.02 Å². The van der Waals surface area contributed by atoms with Crippen LogP contribution in [0.4, 0.5) is 11.4 Å². The highest BCUT2D eigenvalue weighted by Crippen LogP contribution is 2.27. The van der Waals surface area contributed by atoms with Gasteiger partial charge in [-0.1, -0.05) is 36.2 Å². The van der Waals surface area contributed by atoms with Crippen LogP contribution in [0.3, 0.4) is 0 Å². The number of anilines is 2. The van der Waals surface area contributed by atoms with Gasteiger partial charge in [-0.2, -0.15) is 0 Å². The van der Waals surface area contributed by atoms with E-state index >= 15 is 0 Å². The largest absolute Gasteiger partial charge is 0.465 e. The summed E-state index contributed by atoms with van der Waals surface area (Å²) in [5.74, 6) is -1.23. The number of methoxy groups -OCH3 is 1. The number of amides is 1. The van der Waals surface area contributed by atoms with E-state index in [1.54, 1.807) is 25.1 Å². The van der Waals surface area contributed by atoms with Crippen LogP contribution in [0.15, 0.2) is 42.5 Å². The van der Waals surface area contributed by atoms with Crippen LogP contribution in [0.1, 0.15) is 23.7 Å². The van der Waals surface area contributed by atoms with Gasteiger partial charge in [-0.05, 0) is 42.8 Å². The van der Waals surface area contributed by atoms with Crippen molar-refractivity contribution in [3.05, 3.63) is 58.1 Å². The first kappa shape index (κ1) is 23.0. The molecule has 2 aromatic rings. The van der Waals surface area contributed by atoms with E-state index in [9.17, 15) is 18.0 Å². The van der Waals surface area contributed by atoms with Gasteiger partial charge in [0.05, 0.1) is 29.6 Å². The zero-order chi connectivity index (χ0) is 21.8. The van der Waals surface area contributed by atoms with Gasteiger partial charge in [-0.3, -0.25) is 9.10 Å². The molecule has 0 spiro atoms. The average molecular weight is 459 g/mol. The van der Waals surface area contributed by atoms with Crippen LogP contribution in [0.25, 0.3) is 0 Å². The Labute approximate surface area is 179 Å². The van der Waals surface area contributed by atoms with Gasteiger partial charge in [0.15, 0.2) is 0 Å². The SMILES string of the molecule is CC[C@H](C(=O)Nc1ccc(Cl)c(C(=O)OC)c1)N(c1cccc(Cl)c1)S(C)(=O)=O. The highest BCUT2D eigenvalue weighted by atomic mass is 35.5. The molecule has 0 aromatic heterocycles. The molecule has 0 unspecified atom stereocenters. The smallest absolute Gasteiger partial charge is 0.339 e. The molecule has 2 aromatic carbocycles. The lowest BCUT2D eigenvalue weighted by atomic mass is 10.1. The number of hydrogen-bond acceptors (Lipinski definition) is 5. The number of nitrogens with zero attached hydrogens (tertiary/aromatic N) is 1. The van der Waals surface area contributed by atoms with Crippen LogP contribution in [0.2, 0.25) is 10.0 Å². The summed E-state index contributed by atoms with van der Waals surface area (Å²) in [4.78, 5) is 24.7. The van der Waals surface area contributed by atoms with Crippen LogP contribution < -0.4 is 9.62 Å². The van der Waals surface area contributed by atoms with Crippen molar-refractivity contribution in [3.63, 3.8) is 0 Å². The first-order valence-corrected chi connectivity index (χ1v) is 11.1. The van der Waals surface area contributed by atoms with E-state index in [-0.39, 0.29) is 28.4 Å². The lowest BCUT2D eigenvalue weighted by Gasteiger charge is -2.30. The van der Waals surface area contributed by atoms with Crippen molar-refractivity contribution < 1.29 is 22.7 Å². The lowest BCUT2D eigenvalue weighted by molar-refractivity contribution is -0.117. The second kappa shape index (κ2) is 9.47. The van der Waals surface area contributed by atoms with E-state index in [0.717, 1.165) is 10.6 Å². The molecule has 0 heterocycles. The molecule has 0 fully saturated rings. The minimum atomic E-state index is -3.80. The number of halogens is 2. The molecule has 1 atom stereocenters. The fraction of sp³-hybridized carbons (Fsp3) is 0.263. The minimum Gasteiger partial charge on any atom is -0.465 e. The maximum atomic E-state index is 12.9. The average Bonchev–Trinajstić information content (AvgIpc) is 2.65. The van der Waals surface area contributed by atoms with Gasteiger partial charge < -0.3 is 10.1 Å². The molecule has 0 saturated heterocycles. The summed E-state index contributed by atoms with van der Waals surface area (Å²) in [6.45, 7) is 1.69. The molecule has 10 heteroatoms. The van der Waals surface area contributed by atoms with E-state index in [1.165, 1.54) is 31.4 Å². The first-order chi connectivity index (χ1) is 13.6. The number of carbonyl (C=O) groups is 2. The summed E-state index contributed by atoms with van der Waals surface area (Å²) in [6, 6.07) is 9.50. The molecule has 1 amide bonds. The molecule has 0 saturated carbocycles. The third-order valence-electron chi connectivity index (χ3n) is 4.03. The maximum Gasteiger partial charge on any atom is 0.339 e. The monoisotopic (exact) mass is 458 g/mol. The Morgan fingerprint density at radius 1 is 1.17 bits per heavy atom. The van der Waals surface area contributed by atoms with Crippen molar-refractivity contribution >= 4 is 56.5 Å². The number of esters is 1. The van der Waals surface area contributed by atoms with E-state index in [4.69, 9.17) is 23.2 Å². The minimum absolute atomic E-state index is 0.0785. The molecular weight excluding hydrogens is 439 g/mol. The molecule has 0 aliphatic heterocycles. The Balaban J connectivity index is 2.39. The van der Waals surface area contributed by atoms with Crippen molar-refractivity contribution in [3.8, 4) is 0 Å². The maximum absolute atomic E-state index is 12.9. The van der Waals surface area contributed by atoms with Crippen LogP contribution in [-0.2, 0) is 19.6 Å². The zero-order valence-corrected chi connectivity index (χ0v) is 18.3. The number of nitrogens with one attached hydrogen (secondary N) is 1. The fourth-order valence-electron chi connectivity index (χ4n) is 2.77. The Hall–Kier alpha value is -2.29. The molecule has 29 heavy (non-hydrogen) atoms. The Morgan fingerprint density at radius 3 is 2.41 bits per heavy atom. The number of carbonyl (C=O) groups excluding carboxylic acids is 2. The molecule has 1 N–H and O–H groups in total. The highest BCUT2D eigenvalue weighted by molar-refractivity contribution is 7.92. The van der Waals surface area contributed by atoms with E-state index < -0.39 is 27.9 Å². The van der Waals surface area contributed by atoms with Gasteiger partial charge in [0, 0.05) is 10.7 Å². The second-order valence-corrected chi connectivity index (χ2v) is 8.84. The molecule has 7 nitrogen and oxygen atoms in total. The molecule has 0 bridgehead atoms. The predicted molar refractivity (Wildman–Crippen MR) is 114 cm³/mol. The van der Waals surface area contributed by atoms with Gasteiger partial charge in [-0.25, -0.2) is 13.2 Å². The predicted octanol–water partition coefficient (Wildman–Crippen LogP) is 3.96. The van der Waals surface area contributed by atoms with E-state index in [2.05, 4.69) is 10.1 Å². The zero-order valence-electron chi connectivity index (χ0n) is 16.0. The van der Waals surface area contributed by atoms with Crippen LogP contribution in [-0.4, -0.2) is 39.7 Å². The standard InChI is InChI=1S/C19H20Cl2N2O5S/c1-4-17(23(29(3,26)27)14-7-5-6-12(20)10-14)18(24)22-13-8-9-16(21)15(11-13)19(25)28-2/h5-11,17H,4H2,1-3H3,(H,22,24)/t17-/m1/s1. The number of sulfonamides is 1. The topological polar surface area (TPSA) is 92.8 Å². The lowest BCUT2D eigenvalue weighted by Crippen LogP contribution is -2.47. The summed E-state index contributed by atoms with van der Waals surface area (Å²) in [5.41, 5.74) is 0.626. The number of rotatable bonds is 7. The van der Waals surface area contributed by atoms with Gasteiger partial charge in [-0.15, -0.1) is 0 Å². The first-order valence-electron chi connectivity index (χ1n) is 8.52. The Morgan fingerprint density at radius 2 is 1.86 bits per heavy atom. The summed E-state index contributed by atoms with van der Waals surface area (Å²) < 4.78 is 30.6. The van der Waals surface area contributed by atoms with Crippen LogP contribution in [0, 0.1) is 0 Å². The third kappa shape index (κ3) is 5.62. The molecule has 2 rings (SSSR count). The summed E-state index contributed by atoms with van der Waals surface area (Å²) in [7, 11) is -2.58. The van der Waals surface area contributed by atoms with Crippen molar-refractivity contribution in [2.45, 2.75) is 19.4 Å². The van der Waals surface area contributed by atoms with E-state index in [1.807, 2.05) is 0 Å². The third-order valence-corrected chi connectivity index (χ3v) is 5.78. The normalized spacial score (nSPS) is 12.2. The fourth-order valence-corrected chi connectivity index (χ4v) is 4.35. The molecular formula is C19H20Cl2N2O5S. The Bertz CT molecular complexity index is 1030. The molecule has 0 radical (unpaired) electrons. The van der Waals surface area contributed by atoms with Gasteiger partial charge >= 0.3 is 5.97 Å².